The Bertz CT molecular complexity index is 392. The molecular formula is C14H20Br2. The lowest BCUT2D eigenvalue weighted by molar-refractivity contribution is 0.565. The van der Waals surface area contributed by atoms with E-state index in [1.165, 1.54) is 15.6 Å². The van der Waals surface area contributed by atoms with E-state index in [2.05, 4.69) is 85.5 Å². The molecule has 1 aromatic rings. The number of hydrogen-bond donors (Lipinski definition) is 0. The van der Waals surface area contributed by atoms with Gasteiger partial charge in [-0.15, -0.1) is 0 Å². The Morgan fingerprint density at radius 1 is 0.812 bits per heavy atom. The van der Waals surface area contributed by atoms with Gasteiger partial charge in [-0.25, -0.2) is 0 Å². The van der Waals surface area contributed by atoms with E-state index < -0.39 is 0 Å². The third-order valence-corrected chi connectivity index (χ3v) is 4.71. The van der Waals surface area contributed by atoms with Crippen molar-refractivity contribution in [2.45, 2.75) is 52.4 Å². The fraction of sp³-hybridized carbons (Fsp3) is 0.571. The molecular weight excluding hydrogens is 328 g/mol. The van der Waals surface area contributed by atoms with Gasteiger partial charge in [0.15, 0.2) is 0 Å². The zero-order valence-corrected chi connectivity index (χ0v) is 14.1. The predicted octanol–water partition coefficient (Wildman–Crippen LogP) is 5.81. The average molecular weight is 348 g/mol. The second-order valence-corrected chi connectivity index (χ2v) is 7.97. The topological polar surface area (TPSA) is 0 Å². The summed E-state index contributed by atoms with van der Waals surface area (Å²) in [7, 11) is 0. The standard InChI is InChI=1S/C14H20Br2/c1-13(2,3)9-7-10(14(4,5)6)12(16)11(15)8-9/h7-8H,1-6H3. The Labute approximate surface area is 116 Å². The largest absolute Gasteiger partial charge is 0.0561 e. The summed E-state index contributed by atoms with van der Waals surface area (Å²) in [6, 6.07) is 4.52. The number of benzene rings is 1. The van der Waals surface area contributed by atoms with Crippen LogP contribution < -0.4 is 0 Å². The minimum Gasteiger partial charge on any atom is -0.0561 e. The highest BCUT2D eigenvalue weighted by molar-refractivity contribution is 9.13. The Kier molecular flexibility index (Phi) is 3.96. The normalized spacial score (nSPS) is 13.0. The van der Waals surface area contributed by atoms with E-state index in [-0.39, 0.29) is 10.8 Å². The van der Waals surface area contributed by atoms with Crippen molar-refractivity contribution in [2.75, 3.05) is 0 Å². The molecule has 0 aromatic heterocycles. The number of hydrogen-bond acceptors (Lipinski definition) is 0. The van der Waals surface area contributed by atoms with Crippen LogP contribution in [0.4, 0.5) is 0 Å². The summed E-state index contributed by atoms with van der Waals surface area (Å²) in [6.45, 7) is 13.5. The molecule has 1 aromatic carbocycles. The second kappa shape index (κ2) is 4.45. The van der Waals surface area contributed by atoms with Crippen LogP contribution in [0.15, 0.2) is 21.1 Å². The summed E-state index contributed by atoms with van der Waals surface area (Å²) >= 11 is 7.30. The lowest BCUT2D eigenvalue weighted by Crippen LogP contribution is -2.17. The quantitative estimate of drug-likeness (QED) is 0.555. The van der Waals surface area contributed by atoms with Crippen molar-refractivity contribution < 1.29 is 0 Å². The Balaban J connectivity index is 3.46. The summed E-state index contributed by atoms with van der Waals surface area (Å²) in [5.41, 5.74) is 3.06. The van der Waals surface area contributed by atoms with Crippen molar-refractivity contribution in [1.29, 1.82) is 0 Å². The van der Waals surface area contributed by atoms with Crippen molar-refractivity contribution in [3.63, 3.8) is 0 Å². The fourth-order valence-corrected chi connectivity index (χ4v) is 2.85. The predicted molar refractivity (Wildman–Crippen MR) is 79.2 cm³/mol. The molecule has 0 radical (unpaired) electrons. The van der Waals surface area contributed by atoms with Crippen LogP contribution in [0.25, 0.3) is 0 Å². The molecule has 0 aliphatic heterocycles. The molecule has 0 aliphatic carbocycles. The van der Waals surface area contributed by atoms with E-state index in [4.69, 9.17) is 0 Å². The summed E-state index contributed by atoms with van der Waals surface area (Å²) in [5.74, 6) is 0. The third-order valence-electron chi connectivity index (χ3n) is 2.70. The first-order valence-corrected chi connectivity index (χ1v) is 7.12. The molecule has 0 atom stereocenters. The van der Waals surface area contributed by atoms with Crippen molar-refractivity contribution in [2.24, 2.45) is 0 Å². The SMILES string of the molecule is CC(C)(C)c1cc(Br)c(Br)c(C(C)(C)C)c1. The molecule has 0 heterocycles. The number of rotatable bonds is 0. The lowest BCUT2D eigenvalue weighted by atomic mass is 9.81. The molecule has 0 saturated carbocycles. The van der Waals surface area contributed by atoms with Crippen LogP contribution in [0.3, 0.4) is 0 Å². The third kappa shape index (κ3) is 3.10. The van der Waals surface area contributed by atoms with Crippen molar-refractivity contribution in [1.82, 2.24) is 0 Å². The zero-order valence-electron chi connectivity index (χ0n) is 10.9. The molecule has 90 valence electrons. The molecule has 0 nitrogen and oxygen atoms in total. The average Bonchev–Trinajstić information content (AvgIpc) is 2.05. The van der Waals surface area contributed by atoms with Crippen LogP contribution in [0.5, 0.6) is 0 Å². The van der Waals surface area contributed by atoms with Gasteiger partial charge in [0.1, 0.15) is 0 Å². The summed E-state index contributed by atoms with van der Waals surface area (Å²) < 4.78 is 2.32. The maximum atomic E-state index is 3.67. The smallest absolute Gasteiger partial charge is 0.0355 e. The molecule has 0 saturated heterocycles. The molecule has 1 rings (SSSR count). The molecule has 0 amide bonds. The summed E-state index contributed by atoms with van der Waals surface area (Å²) in [4.78, 5) is 0. The van der Waals surface area contributed by atoms with Crippen molar-refractivity contribution in [3.05, 3.63) is 32.2 Å². The molecule has 0 bridgehead atoms. The molecule has 0 spiro atoms. The molecule has 0 fully saturated rings. The minimum atomic E-state index is 0.155. The van der Waals surface area contributed by atoms with E-state index in [1.807, 2.05) is 0 Å². The van der Waals surface area contributed by atoms with E-state index >= 15 is 0 Å². The van der Waals surface area contributed by atoms with Crippen LogP contribution in [0.1, 0.15) is 52.7 Å². The first-order chi connectivity index (χ1) is 7.03. The van der Waals surface area contributed by atoms with Crippen LogP contribution in [0, 0.1) is 0 Å². The van der Waals surface area contributed by atoms with E-state index in [0.717, 1.165) is 4.47 Å². The Morgan fingerprint density at radius 3 is 1.69 bits per heavy atom. The van der Waals surface area contributed by atoms with Gasteiger partial charge in [0, 0.05) is 8.95 Å². The highest BCUT2D eigenvalue weighted by atomic mass is 79.9. The van der Waals surface area contributed by atoms with Crippen LogP contribution in [-0.4, -0.2) is 0 Å². The molecule has 0 unspecified atom stereocenters. The maximum Gasteiger partial charge on any atom is 0.0355 e. The lowest BCUT2D eigenvalue weighted by Gasteiger charge is -2.26. The van der Waals surface area contributed by atoms with Crippen molar-refractivity contribution >= 4 is 31.9 Å². The van der Waals surface area contributed by atoms with Gasteiger partial charge in [-0.05, 0) is 59.9 Å². The second-order valence-electron chi connectivity index (χ2n) is 6.32. The van der Waals surface area contributed by atoms with Gasteiger partial charge < -0.3 is 0 Å². The summed E-state index contributed by atoms with van der Waals surface area (Å²) in [6.07, 6.45) is 0. The summed E-state index contributed by atoms with van der Waals surface area (Å²) in [5, 5.41) is 0. The Morgan fingerprint density at radius 2 is 1.31 bits per heavy atom. The zero-order chi connectivity index (χ0) is 12.7. The minimum absolute atomic E-state index is 0.155. The van der Waals surface area contributed by atoms with Crippen molar-refractivity contribution in [3.8, 4) is 0 Å². The number of halogens is 2. The maximum absolute atomic E-state index is 3.67. The van der Waals surface area contributed by atoms with Gasteiger partial charge in [-0.2, -0.15) is 0 Å². The monoisotopic (exact) mass is 346 g/mol. The molecule has 0 N–H and O–H groups in total. The van der Waals surface area contributed by atoms with Crippen LogP contribution in [-0.2, 0) is 10.8 Å². The first kappa shape index (κ1) is 14.2. The van der Waals surface area contributed by atoms with E-state index in [0.29, 0.717) is 0 Å². The highest BCUT2D eigenvalue weighted by Crippen LogP contribution is 2.38. The van der Waals surface area contributed by atoms with Gasteiger partial charge >= 0.3 is 0 Å². The molecule has 16 heavy (non-hydrogen) atoms. The van der Waals surface area contributed by atoms with E-state index in [1.54, 1.807) is 0 Å². The van der Waals surface area contributed by atoms with Gasteiger partial charge in [-0.1, -0.05) is 47.6 Å². The fourth-order valence-electron chi connectivity index (χ4n) is 1.57. The van der Waals surface area contributed by atoms with Crippen LogP contribution >= 0.6 is 31.9 Å². The van der Waals surface area contributed by atoms with Gasteiger partial charge in [-0.3, -0.25) is 0 Å². The Hall–Kier alpha value is 0.180. The van der Waals surface area contributed by atoms with Gasteiger partial charge in [0.25, 0.3) is 0 Å². The first-order valence-electron chi connectivity index (χ1n) is 5.53. The van der Waals surface area contributed by atoms with Gasteiger partial charge in [0.05, 0.1) is 0 Å². The van der Waals surface area contributed by atoms with E-state index in [9.17, 15) is 0 Å². The highest BCUT2D eigenvalue weighted by Gasteiger charge is 2.23. The molecule has 2 heteroatoms. The van der Waals surface area contributed by atoms with Crippen LogP contribution in [0.2, 0.25) is 0 Å². The van der Waals surface area contributed by atoms with Gasteiger partial charge in [0.2, 0.25) is 0 Å². The molecule has 0 aliphatic rings.